The predicted octanol–water partition coefficient (Wildman–Crippen LogP) is 3.93. The van der Waals surface area contributed by atoms with Crippen molar-refractivity contribution in [3.05, 3.63) is 65.7 Å². The lowest BCUT2D eigenvalue weighted by molar-refractivity contribution is -0.137. The van der Waals surface area contributed by atoms with E-state index in [1.54, 1.807) is 17.0 Å². The molecule has 2 heterocycles. The molecule has 1 atom stereocenters. The molecule has 2 aromatic rings. The summed E-state index contributed by atoms with van der Waals surface area (Å²) >= 11 is 0. The van der Waals surface area contributed by atoms with Crippen LogP contribution in [0.5, 0.6) is 5.75 Å². The maximum atomic E-state index is 12.9. The Kier molecular flexibility index (Phi) is 9.45. The molecule has 3 amide bonds. The number of carbonyl (C=O) groups is 3. The van der Waals surface area contributed by atoms with Gasteiger partial charge in [0.2, 0.25) is 5.91 Å². The lowest BCUT2D eigenvalue weighted by Gasteiger charge is -2.32. The third kappa shape index (κ3) is 8.44. The second kappa shape index (κ2) is 13.0. The summed E-state index contributed by atoms with van der Waals surface area (Å²) in [6.45, 7) is 3.48. The first kappa shape index (κ1) is 28.4. The van der Waals surface area contributed by atoms with Gasteiger partial charge >= 0.3 is 12.3 Å². The minimum atomic E-state index is -4.55. The maximum absolute atomic E-state index is 12.9. The Labute approximate surface area is 225 Å². The van der Waals surface area contributed by atoms with Crippen LogP contribution in [0.4, 0.5) is 18.0 Å². The van der Waals surface area contributed by atoms with Crippen LogP contribution in [-0.2, 0) is 11.0 Å². The second-order valence-corrected chi connectivity index (χ2v) is 10.0. The van der Waals surface area contributed by atoms with Crippen molar-refractivity contribution in [3.8, 4) is 5.75 Å². The number of alkyl halides is 3. The van der Waals surface area contributed by atoms with Crippen LogP contribution in [0.15, 0.2) is 54.6 Å². The van der Waals surface area contributed by atoms with Gasteiger partial charge in [0, 0.05) is 37.8 Å². The molecular formula is C28H33F3N4O4. The highest BCUT2D eigenvalue weighted by Gasteiger charge is 2.31. The number of nitrogens with one attached hydrogen (secondary N) is 2. The molecule has 2 aliphatic rings. The highest BCUT2D eigenvalue weighted by molar-refractivity contribution is 5.96. The number of halogens is 3. The van der Waals surface area contributed by atoms with E-state index in [0.29, 0.717) is 31.3 Å². The normalized spacial score (nSPS) is 18.5. The first-order valence-electron chi connectivity index (χ1n) is 13.2. The number of ether oxygens (including phenoxy) is 1. The summed E-state index contributed by atoms with van der Waals surface area (Å²) < 4.78 is 44.0. The summed E-state index contributed by atoms with van der Waals surface area (Å²) in [5.41, 5.74) is -1.06. The van der Waals surface area contributed by atoms with Crippen molar-refractivity contribution in [1.29, 1.82) is 0 Å². The molecule has 0 radical (unpaired) electrons. The van der Waals surface area contributed by atoms with E-state index in [4.69, 9.17) is 4.74 Å². The van der Waals surface area contributed by atoms with Gasteiger partial charge in [0.1, 0.15) is 5.75 Å². The van der Waals surface area contributed by atoms with Crippen LogP contribution in [0.1, 0.15) is 41.6 Å². The van der Waals surface area contributed by atoms with E-state index >= 15 is 0 Å². The number of benzene rings is 2. The first-order chi connectivity index (χ1) is 18.7. The maximum Gasteiger partial charge on any atom is 0.416 e. The van der Waals surface area contributed by atoms with E-state index in [2.05, 4.69) is 15.5 Å². The average Bonchev–Trinajstić information content (AvgIpc) is 3.38. The monoisotopic (exact) mass is 546 g/mol. The van der Waals surface area contributed by atoms with E-state index in [1.165, 1.54) is 6.07 Å². The summed E-state index contributed by atoms with van der Waals surface area (Å²) in [6.07, 6.45) is -1.22. The number of hydrogen-bond acceptors (Lipinski definition) is 5. The summed E-state index contributed by atoms with van der Waals surface area (Å²) in [5.74, 6) is -0.0514. The topological polar surface area (TPSA) is 91.0 Å². The van der Waals surface area contributed by atoms with E-state index in [0.717, 1.165) is 57.0 Å². The quantitative estimate of drug-likeness (QED) is 0.524. The second-order valence-electron chi connectivity index (χ2n) is 10.0. The highest BCUT2D eigenvalue weighted by atomic mass is 19.4. The van der Waals surface area contributed by atoms with Crippen LogP contribution in [0.25, 0.3) is 0 Å². The van der Waals surface area contributed by atoms with Crippen molar-refractivity contribution >= 4 is 17.9 Å². The van der Waals surface area contributed by atoms with Gasteiger partial charge in [0.15, 0.2) is 0 Å². The molecule has 210 valence electrons. The summed E-state index contributed by atoms with van der Waals surface area (Å²) in [4.78, 5) is 40.9. The zero-order valence-corrected chi connectivity index (χ0v) is 21.6. The summed E-state index contributed by atoms with van der Waals surface area (Å²) in [7, 11) is 0. The first-order valence-corrected chi connectivity index (χ1v) is 13.2. The van der Waals surface area contributed by atoms with Gasteiger partial charge in [-0.3, -0.25) is 9.59 Å². The molecule has 0 saturated carbocycles. The van der Waals surface area contributed by atoms with Crippen molar-refractivity contribution in [2.75, 3.05) is 39.3 Å². The third-order valence-corrected chi connectivity index (χ3v) is 7.17. The zero-order chi connectivity index (χ0) is 27.8. The smallest absolute Gasteiger partial charge is 0.410 e. The molecule has 2 fully saturated rings. The SMILES string of the molecule is O=C(CNC(=O)c1cccc(C(F)(F)F)c1)N[C@@H]1CCN(CCC2CCN(C(=O)Oc3ccccc3)CC2)C1. The van der Waals surface area contributed by atoms with Crippen LogP contribution in [0.3, 0.4) is 0 Å². The molecule has 8 nitrogen and oxygen atoms in total. The Morgan fingerprint density at radius 3 is 2.41 bits per heavy atom. The molecule has 39 heavy (non-hydrogen) atoms. The van der Waals surface area contributed by atoms with Crippen LogP contribution in [0.2, 0.25) is 0 Å². The number of likely N-dealkylation sites (tertiary alicyclic amines) is 2. The molecule has 0 aliphatic carbocycles. The molecule has 2 aromatic carbocycles. The van der Waals surface area contributed by atoms with E-state index in [1.807, 2.05) is 18.2 Å². The van der Waals surface area contributed by atoms with Crippen LogP contribution < -0.4 is 15.4 Å². The lowest BCUT2D eigenvalue weighted by Crippen LogP contribution is -2.43. The number of piperidine rings is 1. The Morgan fingerprint density at radius 1 is 0.949 bits per heavy atom. The molecule has 0 bridgehead atoms. The Bertz CT molecular complexity index is 1140. The van der Waals surface area contributed by atoms with Crippen molar-refractivity contribution in [3.63, 3.8) is 0 Å². The number of amides is 3. The fraction of sp³-hybridized carbons (Fsp3) is 0.464. The van der Waals surface area contributed by atoms with E-state index < -0.39 is 17.6 Å². The third-order valence-electron chi connectivity index (χ3n) is 7.17. The van der Waals surface area contributed by atoms with Crippen molar-refractivity contribution in [1.82, 2.24) is 20.4 Å². The number of rotatable bonds is 8. The molecule has 11 heteroatoms. The van der Waals surface area contributed by atoms with Gasteiger partial charge < -0.3 is 25.2 Å². The fourth-order valence-electron chi connectivity index (χ4n) is 4.95. The Hall–Kier alpha value is -3.60. The molecular weight excluding hydrogens is 513 g/mol. The van der Waals surface area contributed by atoms with Crippen LogP contribution >= 0.6 is 0 Å². The summed E-state index contributed by atoms with van der Waals surface area (Å²) in [5, 5.41) is 5.28. The number of para-hydroxylation sites is 1. The van der Waals surface area contributed by atoms with Crippen molar-refractivity contribution < 1.29 is 32.3 Å². The zero-order valence-electron chi connectivity index (χ0n) is 21.6. The molecule has 0 spiro atoms. The van der Waals surface area contributed by atoms with Gasteiger partial charge in [-0.25, -0.2) is 4.79 Å². The fourth-order valence-corrected chi connectivity index (χ4v) is 4.95. The lowest BCUT2D eigenvalue weighted by atomic mass is 9.93. The van der Waals surface area contributed by atoms with Gasteiger partial charge in [-0.15, -0.1) is 0 Å². The van der Waals surface area contributed by atoms with Crippen molar-refractivity contribution in [2.24, 2.45) is 5.92 Å². The summed E-state index contributed by atoms with van der Waals surface area (Å²) in [6, 6.07) is 13.1. The van der Waals surface area contributed by atoms with Gasteiger partial charge in [0.25, 0.3) is 5.91 Å². The Morgan fingerprint density at radius 2 is 1.69 bits per heavy atom. The van der Waals surface area contributed by atoms with Gasteiger partial charge in [-0.2, -0.15) is 13.2 Å². The predicted molar refractivity (Wildman–Crippen MR) is 138 cm³/mol. The molecule has 0 aromatic heterocycles. The largest absolute Gasteiger partial charge is 0.416 e. The van der Waals surface area contributed by atoms with E-state index in [9.17, 15) is 27.6 Å². The van der Waals surface area contributed by atoms with Crippen molar-refractivity contribution in [2.45, 2.75) is 37.9 Å². The minimum Gasteiger partial charge on any atom is -0.410 e. The molecule has 4 rings (SSSR count). The number of nitrogens with zero attached hydrogens (tertiary/aromatic N) is 2. The van der Waals surface area contributed by atoms with Gasteiger partial charge in [-0.05, 0) is 68.5 Å². The minimum absolute atomic E-state index is 0.0439. The number of carbonyl (C=O) groups excluding carboxylic acids is 3. The molecule has 2 saturated heterocycles. The standard InChI is InChI=1S/C28H33F3N4O4/c29-28(30,31)22-6-4-5-21(17-22)26(37)32-18-25(36)33-23-12-14-34(19-23)13-9-20-10-15-35(16-11-20)27(38)39-24-7-2-1-3-8-24/h1-8,17,20,23H,9-16,18-19H2,(H,32,37)(H,33,36)/t23-/m1/s1. The average molecular weight is 547 g/mol. The molecule has 0 unspecified atom stereocenters. The highest BCUT2D eigenvalue weighted by Crippen LogP contribution is 2.29. The Balaban J connectivity index is 1.11. The van der Waals surface area contributed by atoms with Gasteiger partial charge in [-0.1, -0.05) is 24.3 Å². The van der Waals surface area contributed by atoms with Gasteiger partial charge in [0.05, 0.1) is 12.1 Å². The van der Waals surface area contributed by atoms with Crippen LogP contribution in [-0.4, -0.2) is 73.0 Å². The van der Waals surface area contributed by atoms with Crippen LogP contribution in [0, 0.1) is 5.92 Å². The molecule has 2 N–H and O–H groups in total. The number of hydrogen-bond donors (Lipinski definition) is 2. The van der Waals surface area contributed by atoms with E-state index in [-0.39, 0.29) is 30.2 Å². The molecule has 2 aliphatic heterocycles.